The molecule has 0 aliphatic rings. The second kappa shape index (κ2) is 13.4. The van der Waals surface area contributed by atoms with Crippen LogP contribution >= 0.6 is 11.6 Å². The van der Waals surface area contributed by atoms with E-state index >= 15 is 0 Å². The van der Waals surface area contributed by atoms with Gasteiger partial charge in [-0.3, -0.25) is 13.9 Å². The Hall–Kier alpha value is -2.65. The Kier molecular flexibility index (Phi) is 11.0. The smallest absolute Gasteiger partial charge is 0.242 e. The molecule has 0 heterocycles. The van der Waals surface area contributed by atoms with E-state index in [1.807, 2.05) is 13.0 Å². The highest BCUT2D eigenvalue weighted by atomic mass is 35.5. The second-order valence-corrected chi connectivity index (χ2v) is 10.7. The van der Waals surface area contributed by atoms with E-state index in [1.54, 1.807) is 25.1 Å². The van der Waals surface area contributed by atoms with Gasteiger partial charge in [0.1, 0.15) is 11.9 Å². The zero-order valence-electron chi connectivity index (χ0n) is 20.3. The maximum Gasteiger partial charge on any atom is 0.242 e. The fourth-order valence-corrected chi connectivity index (χ4v) is 4.74. The Morgan fingerprint density at radius 2 is 1.80 bits per heavy atom. The van der Waals surface area contributed by atoms with Crippen LogP contribution in [-0.4, -0.2) is 50.5 Å². The lowest BCUT2D eigenvalue weighted by atomic mass is 10.1. The number of unbranched alkanes of at least 4 members (excludes halogenated alkanes) is 1. The van der Waals surface area contributed by atoms with Crippen molar-refractivity contribution < 1.29 is 22.4 Å². The van der Waals surface area contributed by atoms with E-state index < -0.39 is 21.9 Å². The van der Waals surface area contributed by atoms with E-state index in [1.165, 1.54) is 29.2 Å². The Labute approximate surface area is 212 Å². The van der Waals surface area contributed by atoms with E-state index in [9.17, 15) is 22.4 Å². The van der Waals surface area contributed by atoms with Gasteiger partial charge in [0.15, 0.2) is 0 Å². The van der Waals surface area contributed by atoms with Crippen LogP contribution in [0.2, 0.25) is 5.02 Å². The first-order valence-electron chi connectivity index (χ1n) is 11.6. The third-order valence-corrected chi connectivity index (χ3v) is 6.93. The van der Waals surface area contributed by atoms with Crippen molar-refractivity contribution in [2.24, 2.45) is 0 Å². The molecule has 0 aromatic heterocycles. The summed E-state index contributed by atoms with van der Waals surface area (Å²) < 4.78 is 39.0. The highest BCUT2D eigenvalue weighted by Crippen LogP contribution is 2.20. The summed E-state index contributed by atoms with van der Waals surface area (Å²) in [5.41, 5.74) is 1.10. The minimum Gasteiger partial charge on any atom is -0.354 e. The number of anilines is 1. The normalized spacial score (nSPS) is 12.1. The number of carbonyl (C=O) groups excluding carboxylic acids is 2. The number of hydrogen-bond donors (Lipinski definition) is 1. The average Bonchev–Trinajstić information content (AvgIpc) is 2.80. The molecular formula is C25H33ClFN3O4S. The number of sulfonamides is 1. The Morgan fingerprint density at radius 1 is 1.11 bits per heavy atom. The lowest BCUT2D eigenvalue weighted by Gasteiger charge is -2.29. The van der Waals surface area contributed by atoms with Crippen molar-refractivity contribution in [1.29, 1.82) is 0 Å². The van der Waals surface area contributed by atoms with Crippen LogP contribution in [0.4, 0.5) is 10.1 Å². The summed E-state index contributed by atoms with van der Waals surface area (Å²) in [6.07, 6.45) is 3.09. The molecule has 0 radical (unpaired) electrons. The van der Waals surface area contributed by atoms with Crippen LogP contribution < -0.4 is 9.62 Å². The largest absolute Gasteiger partial charge is 0.354 e. The maximum absolute atomic E-state index is 13.3. The molecule has 2 amide bonds. The van der Waals surface area contributed by atoms with Crippen molar-refractivity contribution in [2.75, 3.05) is 23.7 Å². The van der Waals surface area contributed by atoms with Crippen LogP contribution in [0.1, 0.15) is 45.1 Å². The Bertz CT molecular complexity index is 1100. The molecule has 2 aromatic rings. The number of nitrogens with zero attached hydrogens (tertiary/aromatic N) is 2. The van der Waals surface area contributed by atoms with Crippen LogP contribution in [0.3, 0.4) is 0 Å². The number of carbonyl (C=O) groups is 2. The summed E-state index contributed by atoms with van der Waals surface area (Å²) in [6, 6.07) is 11.5. The van der Waals surface area contributed by atoms with Crippen molar-refractivity contribution >= 4 is 39.1 Å². The molecule has 1 atom stereocenters. The lowest BCUT2D eigenvalue weighted by Crippen LogP contribution is -2.48. The molecule has 0 saturated heterocycles. The first kappa shape index (κ1) is 28.6. The monoisotopic (exact) mass is 525 g/mol. The van der Waals surface area contributed by atoms with Crippen molar-refractivity contribution in [3.8, 4) is 0 Å². The fourth-order valence-electron chi connectivity index (χ4n) is 3.56. The number of amides is 2. The third-order valence-electron chi connectivity index (χ3n) is 5.51. The first-order valence-corrected chi connectivity index (χ1v) is 13.8. The molecule has 2 rings (SSSR count). The minimum atomic E-state index is -3.64. The summed E-state index contributed by atoms with van der Waals surface area (Å²) in [4.78, 5) is 27.4. The predicted molar refractivity (Wildman–Crippen MR) is 137 cm³/mol. The highest BCUT2D eigenvalue weighted by Gasteiger charge is 2.26. The molecule has 0 fully saturated rings. The van der Waals surface area contributed by atoms with Gasteiger partial charge in [-0.2, -0.15) is 0 Å². The predicted octanol–water partition coefficient (Wildman–Crippen LogP) is 4.36. The Morgan fingerprint density at radius 3 is 2.40 bits per heavy atom. The summed E-state index contributed by atoms with van der Waals surface area (Å²) in [7, 11) is -3.64. The quantitative estimate of drug-likeness (QED) is 0.394. The molecule has 0 aliphatic carbocycles. The molecule has 0 aliphatic heterocycles. The van der Waals surface area contributed by atoms with Crippen molar-refractivity contribution in [3.05, 3.63) is 64.9 Å². The van der Waals surface area contributed by atoms with Crippen LogP contribution in [0.15, 0.2) is 48.5 Å². The van der Waals surface area contributed by atoms with Crippen LogP contribution in [0.5, 0.6) is 0 Å². The SMILES string of the molecule is CCCCNC(=O)[C@H](C)N(Cc1cccc(Cl)c1)C(=O)CCCN(c1ccc(F)cc1)S(C)(=O)=O. The number of halogens is 2. The van der Waals surface area contributed by atoms with Crippen molar-refractivity contribution in [2.45, 2.75) is 52.1 Å². The van der Waals surface area contributed by atoms with E-state index in [0.717, 1.165) is 29.0 Å². The van der Waals surface area contributed by atoms with Gasteiger partial charge in [-0.1, -0.05) is 37.1 Å². The molecule has 0 spiro atoms. The van der Waals surface area contributed by atoms with Gasteiger partial charge in [0, 0.05) is 31.1 Å². The highest BCUT2D eigenvalue weighted by molar-refractivity contribution is 7.92. The lowest BCUT2D eigenvalue weighted by molar-refractivity contribution is -0.140. The number of nitrogens with one attached hydrogen (secondary N) is 1. The summed E-state index contributed by atoms with van der Waals surface area (Å²) >= 11 is 6.10. The molecule has 192 valence electrons. The van der Waals surface area contributed by atoms with E-state index in [0.29, 0.717) is 17.3 Å². The zero-order valence-corrected chi connectivity index (χ0v) is 21.9. The molecule has 2 aromatic carbocycles. The van der Waals surface area contributed by atoms with Crippen LogP contribution in [0, 0.1) is 5.82 Å². The molecule has 0 bridgehead atoms. The van der Waals surface area contributed by atoms with Crippen LogP contribution in [0.25, 0.3) is 0 Å². The van der Waals surface area contributed by atoms with Gasteiger partial charge in [-0.05, 0) is 61.7 Å². The molecule has 7 nitrogen and oxygen atoms in total. The van der Waals surface area contributed by atoms with E-state index in [2.05, 4.69) is 5.32 Å². The molecule has 0 unspecified atom stereocenters. The molecule has 10 heteroatoms. The van der Waals surface area contributed by atoms with E-state index in [4.69, 9.17) is 11.6 Å². The van der Waals surface area contributed by atoms with Gasteiger partial charge in [-0.25, -0.2) is 12.8 Å². The van der Waals surface area contributed by atoms with Gasteiger partial charge in [0.25, 0.3) is 0 Å². The van der Waals surface area contributed by atoms with Crippen molar-refractivity contribution in [1.82, 2.24) is 10.2 Å². The van der Waals surface area contributed by atoms with Crippen molar-refractivity contribution in [3.63, 3.8) is 0 Å². The topological polar surface area (TPSA) is 86.8 Å². The third kappa shape index (κ3) is 9.14. The van der Waals surface area contributed by atoms with Gasteiger partial charge < -0.3 is 10.2 Å². The average molecular weight is 526 g/mol. The standard InChI is InChI=1S/C25H33ClFN3O4S/c1-4-5-15-28-25(32)19(2)29(18-20-8-6-9-21(26)17-20)24(31)10-7-16-30(35(3,33)34)23-13-11-22(27)12-14-23/h6,8-9,11-14,17,19H,4-5,7,10,15-16,18H2,1-3H3,(H,28,32)/t19-/m0/s1. The minimum absolute atomic E-state index is 0.0281. The Balaban J connectivity index is 2.13. The maximum atomic E-state index is 13.3. The summed E-state index contributed by atoms with van der Waals surface area (Å²) in [5.74, 6) is -1.01. The van der Waals surface area contributed by atoms with Gasteiger partial charge in [0.2, 0.25) is 21.8 Å². The number of rotatable bonds is 13. The van der Waals surface area contributed by atoms with Crippen LogP contribution in [-0.2, 0) is 26.2 Å². The van der Waals surface area contributed by atoms with E-state index in [-0.39, 0.29) is 37.7 Å². The summed E-state index contributed by atoms with van der Waals surface area (Å²) in [6.45, 7) is 4.45. The second-order valence-electron chi connectivity index (χ2n) is 8.39. The molecule has 1 N–H and O–H groups in total. The number of benzene rings is 2. The summed E-state index contributed by atoms with van der Waals surface area (Å²) in [5, 5.41) is 3.39. The zero-order chi connectivity index (χ0) is 26.0. The van der Waals surface area contributed by atoms with Gasteiger partial charge >= 0.3 is 0 Å². The van der Waals surface area contributed by atoms with Gasteiger partial charge in [-0.15, -0.1) is 0 Å². The molecular weight excluding hydrogens is 493 g/mol. The van der Waals surface area contributed by atoms with Gasteiger partial charge in [0.05, 0.1) is 11.9 Å². The number of hydrogen-bond acceptors (Lipinski definition) is 4. The first-order chi connectivity index (χ1) is 16.5. The molecule has 35 heavy (non-hydrogen) atoms. The molecule has 0 saturated carbocycles. The fraction of sp³-hybridized carbons (Fsp3) is 0.440.